The number of pyridine rings is 1. The molecule has 6 atom stereocenters. The molecule has 2 N–H and O–H groups in total. The number of ether oxygens (including phenoxy) is 1. The number of ketones is 1. The number of hydrogen-bond donors (Lipinski definition) is 2. The fraction of sp³-hybridized carbons (Fsp3) is 0.333. The lowest BCUT2D eigenvalue weighted by molar-refractivity contribution is -0.127. The Balaban J connectivity index is 1.44. The third kappa shape index (κ3) is 5.84. The van der Waals surface area contributed by atoms with Gasteiger partial charge in [-0.15, -0.1) is 0 Å². The van der Waals surface area contributed by atoms with Crippen LogP contribution in [-0.2, 0) is 4.79 Å². The molecule has 0 saturated carbocycles. The fourth-order valence-electron chi connectivity index (χ4n) is 5.73. The number of benzene rings is 2. The molecule has 2 aliphatic rings. The maximum Gasteiger partial charge on any atom is 0.415 e. The van der Waals surface area contributed by atoms with Crippen molar-refractivity contribution >= 4 is 35.1 Å². The molecule has 3 aromatic rings. The van der Waals surface area contributed by atoms with Crippen molar-refractivity contribution in [2.45, 2.75) is 30.5 Å². The van der Waals surface area contributed by atoms with E-state index in [0.29, 0.717) is 29.6 Å². The fourth-order valence-corrected chi connectivity index (χ4v) is 6.03. The van der Waals surface area contributed by atoms with Crippen molar-refractivity contribution in [2.24, 2.45) is 11.8 Å². The summed E-state index contributed by atoms with van der Waals surface area (Å²) in [6.07, 6.45) is 1.51. The van der Waals surface area contributed by atoms with Gasteiger partial charge in [0, 0.05) is 43.2 Å². The van der Waals surface area contributed by atoms with Gasteiger partial charge in [0.25, 0.3) is 0 Å². The molecular formula is C30H29Cl2N5O3. The molecule has 8 nitrogen and oxygen atoms in total. The van der Waals surface area contributed by atoms with Crippen molar-refractivity contribution in [1.82, 2.24) is 20.5 Å². The molecule has 0 radical (unpaired) electrons. The molecule has 1 amide bonds. The summed E-state index contributed by atoms with van der Waals surface area (Å²) in [5.74, 6) is -1.14. The number of nitriles is 1. The lowest BCUT2D eigenvalue weighted by Crippen LogP contribution is -2.54. The van der Waals surface area contributed by atoms with Crippen molar-refractivity contribution < 1.29 is 14.3 Å². The molecule has 206 valence electrons. The first-order valence-corrected chi connectivity index (χ1v) is 13.9. The van der Waals surface area contributed by atoms with Crippen molar-refractivity contribution in [3.63, 3.8) is 0 Å². The number of carbonyl (C=O) groups is 2. The second-order valence-electron chi connectivity index (χ2n) is 10.1. The van der Waals surface area contributed by atoms with Gasteiger partial charge in [-0.2, -0.15) is 5.26 Å². The SMILES string of the molecule is CN(C(=O)Oc1ccccc1Cl)[C@@H]1C(C(=O)C2CC(c3ccccn3)NCC2C#N)NC[C@H]1c1ccc(Cl)cc1. The molecule has 0 aliphatic carbocycles. The number of nitrogens with one attached hydrogen (secondary N) is 2. The molecule has 10 heteroatoms. The Morgan fingerprint density at radius 3 is 2.48 bits per heavy atom. The van der Waals surface area contributed by atoms with E-state index in [1.165, 1.54) is 4.90 Å². The number of halogens is 2. The van der Waals surface area contributed by atoms with E-state index in [-0.39, 0.29) is 23.5 Å². The third-order valence-electron chi connectivity index (χ3n) is 7.82. The molecule has 2 aliphatic heterocycles. The number of para-hydroxylation sites is 1. The highest BCUT2D eigenvalue weighted by Crippen LogP contribution is 2.37. The Kier molecular flexibility index (Phi) is 8.67. The topological polar surface area (TPSA) is 107 Å². The highest BCUT2D eigenvalue weighted by atomic mass is 35.5. The molecular weight excluding hydrogens is 549 g/mol. The second kappa shape index (κ2) is 12.4. The van der Waals surface area contributed by atoms with E-state index < -0.39 is 30.0 Å². The summed E-state index contributed by atoms with van der Waals surface area (Å²) in [6, 6.07) is 20.7. The molecule has 3 heterocycles. The number of nitrogens with zero attached hydrogens (tertiary/aromatic N) is 3. The Morgan fingerprint density at radius 1 is 1.02 bits per heavy atom. The Morgan fingerprint density at radius 2 is 1.77 bits per heavy atom. The van der Waals surface area contributed by atoms with Crippen molar-refractivity contribution in [3.8, 4) is 11.8 Å². The number of Topliss-reactive ketones (excluding diaryl/α,β-unsaturated/α-hetero) is 1. The molecule has 1 aromatic heterocycles. The summed E-state index contributed by atoms with van der Waals surface area (Å²) in [5, 5.41) is 17.6. The predicted molar refractivity (Wildman–Crippen MR) is 152 cm³/mol. The summed E-state index contributed by atoms with van der Waals surface area (Å²) < 4.78 is 5.64. The van der Waals surface area contributed by atoms with Crippen LogP contribution in [0.25, 0.3) is 0 Å². The van der Waals surface area contributed by atoms with E-state index in [1.54, 1.807) is 49.6 Å². The van der Waals surface area contributed by atoms with Crippen LogP contribution < -0.4 is 15.4 Å². The number of amides is 1. The molecule has 40 heavy (non-hydrogen) atoms. The number of likely N-dealkylation sites (N-methyl/N-ethyl adjacent to an activating group) is 1. The van der Waals surface area contributed by atoms with E-state index in [0.717, 1.165) is 11.3 Å². The van der Waals surface area contributed by atoms with Gasteiger partial charge in [-0.25, -0.2) is 4.79 Å². The molecule has 2 aromatic carbocycles. The average Bonchev–Trinajstić information content (AvgIpc) is 3.43. The van der Waals surface area contributed by atoms with E-state index in [1.807, 2.05) is 30.3 Å². The zero-order chi connectivity index (χ0) is 28.2. The van der Waals surface area contributed by atoms with E-state index in [2.05, 4.69) is 21.7 Å². The number of rotatable bonds is 6. The normalized spacial score (nSPS) is 26.1. The number of piperidine rings is 1. The van der Waals surface area contributed by atoms with Gasteiger partial charge in [0.1, 0.15) is 0 Å². The van der Waals surface area contributed by atoms with Crippen molar-refractivity contribution in [2.75, 3.05) is 20.1 Å². The van der Waals surface area contributed by atoms with Crippen LogP contribution in [0.5, 0.6) is 5.75 Å². The van der Waals surface area contributed by atoms with Crippen LogP contribution in [0.15, 0.2) is 72.9 Å². The molecule has 5 rings (SSSR count). The Labute approximate surface area is 243 Å². The Hall–Kier alpha value is -3.48. The highest BCUT2D eigenvalue weighted by Gasteiger charge is 2.49. The third-order valence-corrected chi connectivity index (χ3v) is 8.39. The van der Waals surface area contributed by atoms with Crippen LogP contribution in [0.3, 0.4) is 0 Å². The standard InChI is InChI=1S/C30H29Cl2N5O3/c1-37(30(39)40-26-8-3-2-6-23(26)32)28-22(18-9-11-20(31)12-10-18)17-36-27(28)29(38)21-14-25(35-16-19(21)15-33)24-7-4-5-13-34-24/h2-13,19,21-22,25,27-28,35-36H,14,16-17H2,1H3/t19?,21?,22-,25?,27?,28-/m0/s1. The van der Waals surface area contributed by atoms with Gasteiger partial charge < -0.3 is 20.3 Å². The minimum Gasteiger partial charge on any atom is -0.409 e. The first kappa shape index (κ1) is 28.1. The van der Waals surface area contributed by atoms with Gasteiger partial charge in [0.2, 0.25) is 0 Å². The lowest BCUT2D eigenvalue weighted by Gasteiger charge is -2.37. The summed E-state index contributed by atoms with van der Waals surface area (Å²) in [7, 11) is 1.63. The second-order valence-corrected chi connectivity index (χ2v) is 11.0. The molecule has 4 unspecified atom stereocenters. The summed E-state index contributed by atoms with van der Waals surface area (Å²) in [5.41, 5.74) is 1.76. The summed E-state index contributed by atoms with van der Waals surface area (Å²) in [6.45, 7) is 0.828. The van der Waals surface area contributed by atoms with Gasteiger partial charge in [0.15, 0.2) is 11.5 Å². The first-order chi connectivity index (χ1) is 19.4. The largest absolute Gasteiger partial charge is 0.415 e. The van der Waals surface area contributed by atoms with Crippen LogP contribution in [0, 0.1) is 23.2 Å². The van der Waals surface area contributed by atoms with Crippen LogP contribution in [0.4, 0.5) is 4.79 Å². The highest BCUT2D eigenvalue weighted by molar-refractivity contribution is 6.32. The van der Waals surface area contributed by atoms with E-state index >= 15 is 0 Å². The number of carbonyl (C=O) groups excluding carboxylic acids is 2. The van der Waals surface area contributed by atoms with E-state index in [4.69, 9.17) is 27.9 Å². The lowest BCUT2D eigenvalue weighted by atomic mass is 9.76. The van der Waals surface area contributed by atoms with Crippen molar-refractivity contribution in [3.05, 3.63) is 94.2 Å². The van der Waals surface area contributed by atoms with E-state index in [9.17, 15) is 14.9 Å². The molecule has 0 spiro atoms. The molecule has 0 bridgehead atoms. The zero-order valence-corrected chi connectivity index (χ0v) is 23.3. The quantitative estimate of drug-likeness (QED) is 0.424. The van der Waals surface area contributed by atoms with Crippen LogP contribution in [0.1, 0.15) is 29.6 Å². The van der Waals surface area contributed by atoms with Crippen LogP contribution in [0.2, 0.25) is 10.0 Å². The van der Waals surface area contributed by atoms with Gasteiger partial charge in [-0.1, -0.05) is 53.5 Å². The smallest absolute Gasteiger partial charge is 0.409 e. The minimum atomic E-state index is -0.715. The first-order valence-electron chi connectivity index (χ1n) is 13.1. The monoisotopic (exact) mass is 577 g/mol. The van der Waals surface area contributed by atoms with Gasteiger partial charge in [-0.05, 0) is 48.4 Å². The summed E-state index contributed by atoms with van der Waals surface area (Å²) >= 11 is 12.4. The average molecular weight is 579 g/mol. The Bertz CT molecular complexity index is 1400. The van der Waals surface area contributed by atoms with Crippen LogP contribution in [-0.4, -0.2) is 54.0 Å². The maximum absolute atomic E-state index is 14.2. The van der Waals surface area contributed by atoms with Gasteiger partial charge >= 0.3 is 6.09 Å². The maximum atomic E-state index is 14.2. The van der Waals surface area contributed by atoms with Crippen molar-refractivity contribution in [1.29, 1.82) is 5.26 Å². The van der Waals surface area contributed by atoms with Gasteiger partial charge in [-0.3, -0.25) is 9.78 Å². The minimum absolute atomic E-state index is 0.104. The van der Waals surface area contributed by atoms with Crippen LogP contribution >= 0.6 is 23.2 Å². The molecule has 2 fully saturated rings. The molecule has 2 saturated heterocycles. The number of hydrogen-bond acceptors (Lipinski definition) is 7. The van der Waals surface area contributed by atoms with Gasteiger partial charge in [0.05, 0.1) is 40.8 Å². The summed E-state index contributed by atoms with van der Waals surface area (Å²) in [4.78, 5) is 33.6. The number of aromatic nitrogens is 1. The predicted octanol–water partition coefficient (Wildman–Crippen LogP) is 5.00. The zero-order valence-electron chi connectivity index (χ0n) is 21.8.